The summed E-state index contributed by atoms with van der Waals surface area (Å²) in [5.41, 5.74) is 7.05. The van der Waals surface area contributed by atoms with Gasteiger partial charge in [-0.1, -0.05) is 31.1 Å². The second-order valence-corrected chi connectivity index (χ2v) is 11.0. The van der Waals surface area contributed by atoms with Crippen molar-refractivity contribution in [3.05, 3.63) is 95.3 Å². The van der Waals surface area contributed by atoms with Crippen LogP contribution in [0, 0.1) is 26.6 Å². The van der Waals surface area contributed by atoms with Crippen LogP contribution in [0.25, 0.3) is 50.8 Å². The minimum Gasteiger partial charge on any atom is -0.456 e. The van der Waals surface area contributed by atoms with Crippen LogP contribution in [0.15, 0.2) is 71.5 Å². The standard InChI is InChI=1S/C33H28FN7O2/c1-17(2)21-9-10-28(42-30-18(3)12-22(34)13-19(30)4)23(14-21)25-16-41-20(5)38-39-32(41)29-24(25)15-27(36-29)31-37-33(43-40-31)26-8-6-7-11-35-26/h6-17,36H,1-5H3. The molecule has 0 atom stereocenters. The zero-order valence-corrected chi connectivity index (χ0v) is 24.3. The summed E-state index contributed by atoms with van der Waals surface area (Å²) in [7, 11) is 0. The van der Waals surface area contributed by atoms with Gasteiger partial charge in [-0.15, -0.1) is 10.2 Å². The molecule has 214 valence electrons. The molecule has 0 saturated heterocycles. The number of fused-ring (bicyclic) bond motifs is 3. The number of aromatic nitrogens is 7. The van der Waals surface area contributed by atoms with Crippen molar-refractivity contribution in [2.24, 2.45) is 0 Å². The van der Waals surface area contributed by atoms with Crippen LogP contribution in [0.4, 0.5) is 4.39 Å². The molecule has 0 spiro atoms. The highest BCUT2D eigenvalue weighted by molar-refractivity contribution is 6.04. The third-order valence-electron chi connectivity index (χ3n) is 7.60. The van der Waals surface area contributed by atoms with Crippen LogP contribution in [0.3, 0.4) is 0 Å². The maximum absolute atomic E-state index is 14.1. The lowest BCUT2D eigenvalue weighted by Gasteiger charge is -2.18. The molecule has 43 heavy (non-hydrogen) atoms. The highest BCUT2D eigenvalue weighted by Crippen LogP contribution is 2.42. The number of nitrogens with one attached hydrogen (secondary N) is 1. The minimum atomic E-state index is -0.291. The van der Waals surface area contributed by atoms with Gasteiger partial charge < -0.3 is 14.2 Å². The van der Waals surface area contributed by atoms with Crippen molar-refractivity contribution in [1.82, 2.24) is 34.7 Å². The Kier molecular flexibility index (Phi) is 6.27. The molecule has 7 rings (SSSR count). The van der Waals surface area contributed by atoms with Gasteiger partial charge in [0.2, 0.25) is 5.82 Å². The predicted molar refractivity (Wildman–Crippen MR) is 162 cm³/mol. The lowest BCUT2D eigenvalue weighted by atomic mass is 9.95. The first-order valence-corrected chi connectivity index (χ1v) is 14.0. The van der Waals surface area contributed by atoms with E-state index in [4.69, 9.17) is 9.26 Å². The smallest absolute Gasteiger partial charge is 0.276 e. The second kappa shape index (κ2) is 10.2. The third-order valence-corrected chi connectivity index (χ3v) is 7.60. The summed E-state index contributed by atoms with van der Waals surface area (Å²) < 4.78 is 28.2. The molecule has 2 aromatic carbocycles. The fourth-order valence-electron chi connectivity index (χ4n) is 5.37. The van der Waals surface area contributed by atoms with Crippen LogP contribution in [0.2, 0.25) is 0 Å². The molecule has 0 aliphatic carbocycles. The summed E-state index contributed by atoms with van der Waals surface area (Å²) >= 11 is 0. The van der Waals surface area contributed by atoms with E-state index in [2.05, 4.69) is 56.3 Å². The van der Waals surface area contributed by atoms with E-state index in [0.29, 0.717) is 40.2 Å². The third kappa shape index (κ3) is 4.61. The molecule has 1 N–H and O–H groups in total. The Morgan fingerprint density at radius 1 is 0.953 bits per heavy atom. The molecular formula is C33H28FN7O2. The molecule has 0 bridgehead atoms. The number of nitrogens with zero attached hydrogens (tertiary/aromatic N) is 6. The Morgan fingerprint density at radius 2 is 1.77 bits per heavy atom. The van der Waals surface area contributed by atoms with Crippen molar-refractivity contribution >= 4 is 16.6 Å². The van der Waals surface area contributed by atoms with Crippen molar-refractivity contribution in [3.8, 4) is 45.7 Å². The number of pyridine rings is 2. The zero-order chi connectivity index (χ0) is 29.8. The van der Waals surface area contributed by atoms with Crippen molar-refractivity contribution in [3.63, 3.8) is 0 Å². The van der Waals surface area contributed by atoms with Gasteiger partial charge >= 0.3 is 0 Å². The van der Waals surface area contributed by atoms with Gasteiger partial charge in [0.1, 0.15) is 28.8 Å². The van der Waals surface area contributed by atoms with Gasteiger partial charge in [0.05, 0.1) is 11.2 Å². The van der Waals surface area contributed by atoms with E-state index in [-0.39, 0.29) is 11.7 Å². The SMILES string of the molecule is Cc1cc(F)cc(C)c1Oc1ccc(C(C)C)cc1-c1cn2c(C)nnc2c2[nH]c(-c3noc(-c4ccccn4)n3)cc12. The van der Waals surface area contributed by atoms with Crippen LogP contribution >= 0.6 is 0 Å². The zero-order valence-electron chi connectivity index (χ0n) is 24.3. The highest BCUT2D eigenvalue weighted by atomic mass is 19.1. The predicted octanol–water partition coefficient (Wildman–Crippen LogP) is 7.97. The summed E-state index contributed by atoms with van der Waals surface area (Å²) in [4.78, 5) is 12.4. The molecule has 0 amide bonds. The van der Waals surface area contributed by atoms with Crippen molar-refractivity contribution < 1.29 is 13.7 Å². The summed E-state index contributed by atoms with van der Waals surface area (Å²) in [6, 6.07) is 16.7. The molecule has 9 nitrogen and oxygen atoms in total. The van der Waals surface area contributed by atoms with E-state index >= 15 is 0 Å². The number of aryl methyl sites for hydroxylation is 3. The largest absolute Gasteiger partial charge is 0.456 e. The Hall–Kier alpha value is -5.38. The number of halogens is 1. The fraction of sp³-hybridized carbons (Fsp3) is 0.182. The number of benzene rings is 2. The van der Waals surface area contributed by atoms with Crippen LogP contribution in [-0.4, -0.2) is 34.7 Å². The molecule has 5 heterocycles. The minimum absolute atomic E-state index is 0.282. The van der Waals surface area contributed by atoms with Crippen LogP contribution < -0.4 is 4.74 Å². The van der Waals surface area contributed by atoms with Crippen LogP contribution in [-0.2, 0) is 0 Å². The molecule has 0 saturated carbocycles. The van der Waals surface area contributed by atoms with E-state index < -0.39 is 0 Å². The summed E-state index contributed by atoms with van der Waals surface area (Å²) in [6.45, 7) is 9.91. The topological polar surface area (TPSA) is 107 Å². The number of H-pyrrole nitrogens is 1. The number of hydrogen-bond donors (Lipinski definition) is 1. The first-order valence-electron chi connectivity index (χ1n) is 14.0. The molecule has 0 radical (unpaired) electrons. The number of rotatable bonds is 6. The van der Waals surface area contributed by atoms with Gasteiger partial charge in [0.15, 0.2) is 5.65 Å². The maximum atomic E-state index is 14.1. The second-order valence-electron chi connectivity index (χ2n) is 11.0. The summed E-state index contributed by atoms with van der Waals surface area (Å²) in [5.74, 6) is 2.71. The highest BCUT2D eigenvalue weighted by Gasteiger charge is 2.22. The first kappa shape index (κ1) is 26.5. The van der Waals surface area contributed by atoms with Crippen molar-refractivity contribution in [2.75, 3.05) is 0 Å². The van der Waals surface area contributed by atoms with E-state index in [1.165, 1.54) is 12.1 Å². The van der Waals surface area contributed by atoms with Crippen LogP contribution in [0.1, 0.15) is 42.3 Å². The lowest BCUT2D eigenvalue weighted by Crippen LogP contribution is -1.98. The van der Waals surface area contributed by atoms with Gasteiger partial charge in [-0.3, -0.25) is 9.38 Å². The molecule has 0 unspecified atom stereocenters. The summed E-state index contributed by atoms with van der Waals surface area (Å²) in [5, 5.41) is 13.9. The van der Waals surface area contributed by atoms with E-state index in [0.717, 1.165) is 44.5 Å². The van der Waals surface area contributed by atoms with Crippen LogP contribution in [0.5, 0.6) is 11.5 Å². The average molecular weight is 574 g/mol. The normalized spacial score (nSPS) is 11.7. The van der Waals surface area contributed by atoms with Gasteiger partial charge in [0, 0.05) is 28.9 Å². The van der Waals surface area contributed by atoms with Gasteiger partial charge in [-0.05, 0) is 85.8 Å². The molecule has 7 aromatic rings. The fourth-order valence-corrected chi connectivity index (χ4v) is 5.37. The Labute approximate surface area is 246 Å². The van der Waals surface area contributed by atoms with Gasteiger partial charge in [-0.2, -0.15) is 4.98 Å². The summed E-state index contributed by atoms with van der Waals surface area (Å²) in [6.07, 6.45) is 3.70. The average Bonchev–Trinajstić information content (AvgIpc) is 3.74. The molecule has 0 fully saturated rings. The number of ether oxygens (including phenoxy) is 1. The first-order chi connectivity index (χ1) is 20.8. The van der Waals surface area contributed by atoms with Gasteiger partial charge in [-0.25, -0.2) is 4.39 Å². The van der Waals surface area contributed by atoms with Crippen molar-refractivity contribution in [2.45, 2.75) is 40.5 Å². The quantitative estimate of drug-likeness (QED) is 0.215. The molecular weight excluding hydrogens is 545 g/mol. The molecule has 0 aliphatic heterocycles. The molecule has 0 aliphatic rings. The molecule has 10 heteroatoms. The monoisotopic (exact) mass is 573 g/mol. The van der Waals surface area contributed by atoms with E-state index in [1.54, 1.807) is 6.20 Å². The molecule has 5 aromatic heterocycles. The maximum Gasteiger partial charge on any atom is 0.276 e. The Morgan fingerprint density at radius 3 is 2.51 bits per heavy atom. The lowest BCUT2D eigenvalue weighted by molar-refractivity contribution is 0.431. The number of aromatic amines is 1. The van der Waals surface area contributed by atoms with E-state index in [9.17, 15) is 4.39 Å². The Balaban J connectivity index is 1.44. The van der Waals surface area contributed by atoms with E-state index in [1.807, 2.05) is 61.7 Å². The van der Waals surface area contributed by atoms with Crippen molar-refractivity contribution in [1.29, 1.82) is 0 Å². The van der Waals surface area contributed by atoms with Gasteiger partial charge in [0.25, 0.3) is 5.89 Å². The number of hydrogen-bond acceptors (Lipinski definition) is 7. The Bertz CT molecular complexity index is 2120.